The summed E-state index contributed by atoms with van der Waals surface area (Å²) in [4.78, 5) is 24.7. The number of morpholine rings is 1. The highest BCUT2D eigenvalue weighted by molar-refractivity contribution is 6.76. The van der Waals surface area contributed by atoms with Crippen LogP contribution in [0.25, 0.3) is 11.2 Å². The minimum absolute atomic E-state index is 0.0236. The zero-order valence-corrected chi connectivity index (χ0v) is 20.4. The molecular formula is C20H32ClN5O4Si. The van der Waals surface area contributed by atoms with Gasteiger partial charge >= 0.3 is 5.69 Å². The molecular weight excluding hydrogens is 438 g/mol. The molecule has 0 aliphatic carbocycles. The van der Waals surface area contributed by atoms with E-state index in [1.54, 1.807) is 9.13 Å². The Morgan fingerprint density at radius 1 is 1.10 bits per heavy atom. The summed E-state index contributed by atoms with van der Waals surface area (Å²) in [6, 6.07) is 1.06. The van der Waals surface area contributed by atoms with E-state index in [1.807, 2.05) is 0 Å². The third-order valence-electron chi connectivity index (χ3n) is 5.84. The molecule has 172 valence electrons. The predicted molar refractivity (Wildman–Crippen MR) is 123 cm³/mol. The van der Waals surface area contributed by atoms with Crippen molar-refractivity contribution < 1.29 is 14.2 Å². The summed E-state index contributed by atoms with van der Waals surface area (Å²) in [6.07, 6.45) is 1.54. The van der Waals surface area contributed by atoms with Crippen molar-refractivity contribution in [3.8, 4) is 0 Å². The van der Waals surface area contributed by atoms with Gasteiger partial charge < -0.3 is 19.1 Å². The first-order valence-corrected chi connectivity index (χ1v) is 15.1. The van der Waals surface area contributed by atoms with E-state index < -0.39 is 8.07 Å². The van der Waals surface area contributed by atoms with Crippen LogP contribution in [0.2, 0.25) is 31.0 Å². The summed E-state index contributed by atoms with van der Waals surface area (Å²) in [5.74, 6) is 0.676. The maximum Gasteiger partial charge on any atom is 0.332 e. The van der Waals surface area contributed by atoms with Crippen LogP contribution < -0.4 is 10.6 Å². The Morgan fingerprint density at radius 3 is 2.45 bits per heavy atom. The highest BCUT2D eigenvalue weighted by Gasteiger charge is 2.28. The predicted octanol–water partition coefficient (Wildman–Crippen LogP) is 2.75. The standard InChI is InChI=1S/C20H32ClN5O4Si/c1-31(2,3)13-12-30-14-25-16-17(24-6-10-29-11-7-24)22-19(21)23-18(16)26(20(25)27)15-4-8-28-9-5-15/h15H,4-14H2,1-3H3. The third-order valence-corrected chi connectivity index (χ3v) is 7.71. The Kier molecular flexibility index (Phi) is 7.02. The van der Waals surface area contributed by atoms with E-state index in [1.165, 1.54) is 0 Å². The molecule has 9 nitrogen and oxygen atoms in total. The number of aromatic nitrogens is 4. The molecule has 0 saturated carbocycles. The van der Waals surface area contributed by atoms with Crippen LogP contribution in [0.1, 0.15) is 18.9 Å². The molecule has 0 spiro atoms. The minimum atomic E-state index is -1.23. The third kappa shape index (κ3) is 5.14. The summed E-state index contributed by atoms with van der Waals surface area (Å²) in [5.41, 5.74) is 1.14. The smallest absolute Gasteiger partial charge is 0.332 e. The molecule has 0 amide bonds. The van der Waals surface area contributed by atoms with Gasteiger partial charge in [0.05, 0.1) is 13.2 Å². The van der Waals surface area contributed by atoms with Crippen molar-refractivity contribution in [2.75, 3.05) is 51.0 Å². The van der Waals surface area contributed by atoms with E-state index in [0.29, 0.717) is 63.1 Å². The first-order valence-electron chi connectivity index (χ1n) is 11.0. The molecule has 2 aromatic rings. The van der Waals surface area contributed by atoms with Crippen molar-refractivity contribution in [2.45, 2.75) is 51.3 Å². The van der Waals surface area contributed by atoms with Crippen LogP contribution in [0.5, 0.6) is 0 Å². The summed E-state index contributed by atoms with van der Waals surface area (Å²) >= 11 is 6.34. The average molecular weight is 470 g/mol. The molecule has 0 atom stereocenters. The molecule has 2 aliphatic rings. The monoisotopic (exact) mass is 469 g/mol. The summed E-state index contributed by atoms with van der Waals surface area (Å²) in [5, 5.41) is 0.145. The van der Waals surface area contributed by atoms with Crippen molar-refractivity contribution in [1.29, 1.82) is 0 Å². The summed E-state index contributed by atoms with van der Waals surface area (Å²) in [7, 11) is -1.23. The Labute approximate surface area is 188 Å². The molecule has 4 rings (SSSR count). The van der Waals surface area contributed by atoms with Gasteiger partial charge in [-0.05, 0) is 30.5 Å². The number of fused-ring (bicyclic) bond motifs is 1. The lowest BCUT2D eigenvalue weighted by Crippen LogP contribution is -2.37. The fourth-order valence-electron chi connectivity index (χ4n) is 4.05. The van der Waals surface area contributed by atoms with Gasteiger partial charge in [-0.2, -0.15) is 9.97 Å². The Bertz CT molecular complexity index is 961. The van der Waals surface area contributed by atoms with Gasteiger partial charge in [-0.15, -0.1) is 0 Å². The van der Waals surface area contributed by atoms with E-state index in [2.05, 4.69) is 34.5 Å². The molecule has 2 saturated heterocycles. The Morgan fingerprint density at radius 2 is 1.77 bits per heavy atom. The summed E-state index contributed by atoms with van der Waals surface area (Å²) in [6.45, 7) is 11.6. The normalized spacial score (nSPS) is 18.8. The van der Waals surface area contributed by atoms with Gasteiger partial charge in [0.25, 0.3) is 0 Å². The molecule has 2 fully saturated rings. The van der Waals surface area contributed by atoms with Crippen molar-refractivity contribution in [2.24, 2.45) is 0 Å². The highest BCUT2D eigenvalue weighted by Crippen LogP contribution is 2.30. The van der Waals surface area contributed by atoms with Gasteiger partial charge in [-0.1, -0.05) is 19.6 Å². The second kappa shape index (κ2) is 9.58. The fourth-order valence-corrected chi connectivity index (χ4v) is 4.97. The van der Waals surface area contributed by atoms with Crippen LogP contribution in [-0.2, 0) is 20.9 Å². The van der Waals surface area contributed by atoms with Crippen LogP contribution in [0.15, 0.2) is 4.79 Å². The maximum absolute atomic E-state index is 13.6. The molecule has 0 unspecified atom stereocenters. The number of hydrogen-bond acceptors (Lipinski definition) is 7. The molecule has 2 aliphatic heterocycles. The Hall–Kier alpha value is -1.46. The van der Waals surface area contributed by atoms with Crippen LogP contribution in [0.3, 0.4) is 0 Å². The van der Waals surface area contributed by atoms with E-state index >= 15 is 0 Å². The summed E-state index contributed by atoms with van der Waals surface area (Å²) < 4.78 is 20.5. The second-order valence-electron chi connectivity index (χ2n) is 9.36. The molecule has 2 aromatic heterocycles. The first-order chi connectivity index (χ1) is 14.8. The molecule has 0 bridgehead atoms. The maximum atomic E-state index is 13.6. The van der Waals surface area contributed by atoms with Gasteiger partial charge in [0.2, 0.25) is 5.28 Å². The number of rotatable bonds is 7. The second-order valence-corrected chi connectivity index (χ2v) is 15.3. The van der Waals surface area contributed by atoms with E-state index in [-0.39, 0.29) is 23.7 Å². The minimum Gasteiger partial charge on any atom is -0.381 e. The largest absolute Gasteiger partial charge is 0.381 e. The lowest BCUT2D eigenvalue weighted by Gasteiger charge is -2.28. The molecule has 11 heteroatoms. The van der Waals surface area contributed by atoms with Crippen molar-refractivity contribution >= 4 is 36.7 Å². The number of nitrogens with zero attached hydrogens (tertiary/aromatic N) is 5. The SMILES string of the molecule is C[Si](C)(C)CCOCn1c(=O)n(C2CCOCC2)c2nc(Cl)nc(N3CCOCC3)c21. The lowest BCUT2D eigenvalue weighted by molar-refractivity contribution is 0.0669. The van der Waals surface area contributed by atoms with Crippen molar-refractivity contribution in [3.63, 3.8) is 0 Å². The van der Waals surface area contributed by atoms with Gasteiger partial charge in [-0.25, -0.2) is 4.79 Å². The first kappa shape index (κ1) is 22.7. The van der Waals surface area contributed by atoms with Crippen molar-refractivity contribution in [1.82, 2.24) is 19.1 Å². The van der Waals surface area contributed by atoms with Gasteiger partial charge in [0, 0.05) is 47.0 Å². The van der Waals surface area contributed by atoms with Gasteiger partial charge in [0.15, 0.2) is 11.5 Å². The van der Waals surface area contributed by atoms with Crippen LogP contribution in [-0.4, -0.2) is 73.3 Å². The van der Waals surface area contributed by atoms with E-state index in [9.17, 15) is 4.79 Å². The number of hydrogen-bond donors (Lipinski definition) is 0. The Balaban J connectivity index is 1.77. The van der Waals surface area contributed by atoms with Crippen molar-refractivity contribution in [3.05, 3.63) is 15.8 Å². The number of imidazole rings is 1. The zero-order valence-electron chi connectivity index (χ0n) is 18.6. The number of ether oxygens (including phenoxy) is 3. The zero-order chi connectivity index (χ0) is 22.0. The average Bonchev–Trinajstić information content (AvgIpc) is 3.02. The van der Waals surface area contributed by atoms with Crippen LogP contribution in [0, 0.1) is 0 Å². The van der Waals surface area contributed by atoms with E-state index in [0.717, 1.165) is 18.9 Å². The van der Waals surface area contributed by atoms with Gasteiger partial charge in [-0.3, -0.25) is 9.13 Å². The molecule has 0 radical (unpaired) electrons. The molecule has 4 heterocycles. The highest BCUT2D eigenvalue weighted by atomic mass is 35.5. The van der Waals surface area contributed by atoms with E-state index in [4.69, 9.17) is 25.8 Å². The van der Waals surface area contributed by atoms with Crippen LogP contribution in [0.4, 0.5) is 5.82 Å². The lowest BCUT2D eigenvalue weighted by atomic mass is 10.1. The number of anilines is 1. The van der Waals surface area contributed by atoms with Crippen LogP contribution >= 0.6 is 11.6 Å². The quantitative estimate of drug-likeness (QED) is 0.350. The van der Waals surface area contributed by atoms with Gasteiger partial charge in [0.1, 0.15) is 12.2 Å². The topological polar surface area (TPSA) is 83.6 Å². The number of halogens is 1. The molecule has 31 heavy (non-hydrogen) atoms. The molecule has 0 N–H and O–H groups in total. The fraction of sp³-hybridized carbons (Fsp3) is 0.750. The molecule has 0 aromatic carbocycles.